The second kappa shape index (κ2) is 4.92. The van der Waals surface area contributed by atoms with Crippen LogP contribution in [0.2, 0.25) is 0 Å². The number of rotatable bonds is 2. The molecule has 0 aliphatic heterocycles. The average molecular weight is 305 g/mol. The van der Waals surface area contributed by atoms with Crippen LogP contribution in [0, 0.1) is 0 Å². The molecule has 2 N–H and O–H groups in total. The van der Waals surface area contributed by atoms with Gasteiger partial charge in [0.05, 0.1) is 12.2 Å². The summed E-state index contributed by atoms with van der Waals surface area (Å²) in [6.07, 6.45) is 0. The van der Waals surface area contributed by atoms with E-state index in [1.165, 1.54) is 4.68 Å². The van der Waals surface area contributed by atoms with Crippen molar-refractivity contribution in [3.8, 4) is 5.69 Å². The van der Waals surface area contributed by atoms with E-state index in [2.05, 4.69) is 15.5 Å². The van der Waals surface area contributed by atoms with Crippen molar-refractivity contribution in [3.63, 3.8) is 0 Å². The molecule has 0 amide bonds. The quantitative estimate of drug-likeness (QED) is 0.590. The smallest absolute Gasteiger partial charge is 0.194 e. The highest BCUT2D eigenvalue weighted by molar-refractivity contribution is 6.28. The summed E-state index contributed by atoms with van der Waals surface area (Å²) in [4.78, 5) is 25.2. The molecule has 1 aliphatic carbocycles. The van der Waals surface area contributed by atoms with E-state index in [1.807, 2.05) is 0 Å². The Hall–Kier alpha value is -3.19. The van der Waals surface area contributed by atoms with Gasteiger partial charge in [-0.3, -0.25) is 9.59 Å². The van der Waals surface area contributed by atoms with E-state index in [-0.39, 0.29) is 18.1 Å². The van der Waals surface area contributed by atoms with Crippen molar-refractivity contribution in [2.45, 2.75) is 6.54 Å². The van der Waals surface area contributed by atoms with Gasteiger partial charge in [-0.05, 0) is 28.6 Å². The van der Waals surface area contributed by atoms with Gasteiger partial charge in [0.15, 0.2) is 17.4 Å². The van der Waals surface area contributed by atoms with Crippen LogP contribution in [0.4, 0.5) is 0 Å². The molecule has 0 atom stereocenters. The Balaban J connectivity index is 1.90. The average Bonchev–Trinajstić information content (AvgIpc) is 3.08. The topological polar surface area (TPSA) is 104 Å². The van der Waals surface area contributed by atoms with E-state index in [0.717, 1.165) is 0 Å². The first kappa shape index (κ1) is 13.5. The fourth-order valence-electron chi connectivity index (χ4n) is 2.75. The normalized spacial score (nSPS) is 12.9. The van der Waals surface area contributed by atoms with Gasteiger partial charge in [-0.15, -0.1) is 5.10 Å². The number of hydrogen-bond donors (Lipinski definition) is 1. The number of benzene rings is 2. The molecule has 0 unspecified atom stereocenters. The highest BCUT2D eigenvalue weighted by Crippen LogP contribution is 2.28. The van der Waals surface area contributed by atoms with Gasteiger partial charge in [0, 0.05) is 22.3 Å². The van der Waals surface area contributed by atoms with E-state index in [1.54, 1.807) is 42.5 Å². The van der Waals surface area contributed by atoms with E-state index in [0.29, 0.717) is 33.8 Å². The third-order valence-electron chi connectivity index (χ3n) is 3.87. The summed E-state index contributed by atoms with van der Waals surface area (Å²) >= 11 is 0. The Labute approximate surface area is 130 Å². The molecule has 0 saturated carbocycles. The van der Waals surface area contributed by atoms with Crippen molar-refractivity contribution in [2.75, 3.05) is 0 Å². The maximum Gasteiger partial charge on any atom is 0.194 e. The molecule has 23 heavy (non-hydrogen) atoms. The van der Waals surface area contributed by atoms with Gasteiger partial charge in [0.25, 0.3) is 0 Å². The van der Waals surface area contributed by atoms with E-state index in [4.69, 9.17) is 5.73 Å². The van der Waals surface area contributed by atoms with Crippen LogP contribution in [0.1, 0.15) is 37.7 Å². The van der Waals surface area contributed by atoms with Gasteiger partial charge in [-0.1, -0.05) is 24.3 Å². The molecule has 0 fully saturated rings. The predicted octanol–water partition coefficient (Wildman–Crippen LogP) is 0.896. The fraction of sp³-hybridized carbons (Fsp3) is 0.0625. The minimum absolute atomic E-state index is 0.155. The Morgan fingerprint density at radius 3 is 2.26 bits per heavy atom. The lowest BCUT2D eigenvalue weighted by molar-refractivity contribution is 0.0979. The van der Waals surface area contributed by atoms with Crippen LogP contribution in [0.5, 0.6) is 0 Å². The monoisotopic (exact) mass is 305 g/mol. The summed E-state index contributed by atoms with van der Waals surface area (Å²) < 4.78 is 1.46. The van der Waals surface area contributed by atoms with Crippen LogP contribution >= 0.6 is 0 Å². The molecule has 7 heteroatoms. The molecule has 2 aromatic carbocycles. The molecule has 0 radical (unpaired) electrons. The number of tetrazole rings is 1. The highest BCUT2D eigenvalue weighted by Gasteiger charge is 2.29. The summed E-state index contributed by atoms with van der Waals surface area (Å²) in [5, 5.41) is 11.3. The van der Waals surface area contributed by atoms with Gasteiger partial charge < -0.3 is 5.73 Å². The first-order valence-corrected chi connectivity index (χ1v) is 7.01. The van der Waals surface area contributed by atoms with E-state index < -0.39 is 0 Å². The zero-order chi connectivity index (χ0) is 16.0. The number of carbonyl (C=O) groups is 2. The maximum atomic E-state index is 12.7. The summed E-state index contributed by atoms with van der Waals surface area (Å²) in [7, 11) is 0. The largest absolute Gasteiger partial charge is 0.324 e. The first-order chi connectivity index (χ1) is 11.2. The van der Waals surface area contributed by atoms with Gasteiger partial charge in [0.2, 0.25) is 0 Å². The number of nitrogens with two attached hydrogens (primary N) is 1. The molecule has 0 saturated heterocycles. The lowest BCUT2D eigenvalue weighted by Crippen LogP contribution is -2.21. The van der Waals surface area contributed by atoms with Gasteiger partial charge in [-0.25, -0.2) is 0 Å². The van der Waals surface area contributed by atoms with Crippen molar-refractivity contribution in [1.29, 1.82) is 0 Å². The Morgan fingerprint density at radius 2 is 1.57 bits per heavy atom. The Kier molecular flexibility index (Phi) is 2.88. The third kappa shape index (κ3) is 1.91. The van der Waals surface area contributed by atoms with E-state index >= 15 is 0 Å². The molecule has 1 heterocycles. The Morgan fingerprint density at radius 1 is 0.913 bits per heavy atom. The zero-order valence-electron chi connectivity index (χ0n) is 11.9. The van der Waals surface area contributed by atoms with Crippen LogP contribution in [0.15, 0.2) is 42.5 Å². The van der Waals surface area contributed by atoms with Crippen LogP contribution in [0.25, 0.3) is 5.69 Å². The molecule has 7 nitrogen and oxygen atoms in total. The molecule has 112 valence electrons. The Bertz CT molecular complexity index is 961. The number of fused-ring (bicyclic) bond motifs is 2. The number of hydrogen-bond acceptors (Lipinski definition) is 6. The lowest BCUT2D eigenvalue weighted by atomic mass is 9.84. The van der Waals surface area contributed by atoms with Gasteiger partial charge >= 0.3 is 0 Å². The maximum absolute atomic E-state index is 12.7. The molecule has 0 bridgehead atoms. The molecular formula is C16H11N5O2. The minimum Gasteiger partial charge on any atom is -0.324 e. The predicted molar refractivity (Wildman–Crippen MR) is 80.4 cm³/mol. The standard InChI is InChI=1S/C16H11N5O2/c17-8-14-18-19-20-21(14)9-5-6-12-13(7-9)16(23)11-4-2-1-3-10(11)15(12)22/h1-7H,8,17H2. The van der Waals surface area contributed by atoms with Crippen LogP contribution in [0.3, 0.4) is 0 Å². The third-order valence-corrected chi connectivity index (χ3v) is 3.87. The van der Waals surface area contributed by atoms with E-state index in [9.17, 15) is 9.59 Å². The van der Waals surface area contributed by atoms with Gasteiger partial charge in [-0.2, -0.15) is 4.68 Å². The van der Waals surface area contributed by atoms with Crippen molar-refractivity contribution in [2.24, 2.45) is 5.73 Å². The highest BCUT2D eigenvalue weighted by atomic mass is 16.1. The summed E-state index contributed by atoms with van der Waals surface area (Å²) in [5.41, 5.74) is 7.78. The van der Waals surface area contributed by atoms with Crippen LogP contribution in [-0.2, 0) is 6.54 Å². The van der Waals surface area contributed by atoms with Crippen LogP contribution in [-0.4, -0.2) is 31.8 Å². The SMILES string of the molecule is NCc1nnnn1-c1ccc2c(c1)C(=O)c1ccccc1C2=O. The summed E-state index contributed by atoms with van der Waals surface area (Å²) in [6, 6.07) is 11.8. The summed E-state index contributed by atoms with van der Waals surface area (Å²) in [6.45, 7) is 0.166. The fourth-order valence-corrected chi connectivity index (χ4v) is 2.75. The first-order valence-electron chi connectivity index (χ1n) is 7.01. The van der Waals surface area contributed by atoms with Crippen molar-refractivity contribution >= 4 is 11.6 Å². The minimum atomic E-state index is -0.181. The zero-order valence-corrected chi connectivity index (χ0v) is 11.9. The second-order valence-electron chi connectivity index (χ2n) is 5.14. The summed E-state index contributed by atoms with van der Waals surface area (Å²) in [5.74, 6) is 0.136. The molecule has 0 spiro atoms. The molecule has 4 rings (SSSR count). The number of nitrogens with zero attached hydrogens (tertiary/aromatic N) is 4. The van der Waals surface area contributed by atoms with Crippen LogP contribution < -0.4 is 5.73 Å². The number of carbonyl (C=O) groups excluding carboxylic acids is 2. The molecular weight excluding hydrogens is 294 g/mol. The van der Waals surface area contributed by atoms with Crippen molar-refractivity contribution < 1.29 is 9.59 Å². The molecule has 3 aromatic rings. The number of ketones is 2. The molecule has 1 aliphatic rings. The lowest BCUT2D eigenvalue weighted by Gasteiger charge is -2.18. The van der Waals surface area contributed by atoms with Crippen molar-refractivity contribution in [3.05, 3.63) is 70.5 Å². The molecule has 1 aromatic heterocycles. The second-order valence-corrected chi connectivity index (χ2v) is 5.14. The van der Waals surface area contributed by atoms with Crippen molar-refractivity contribution in [1.82, 2.24) is 20.2 Å². The van der Waals surface area contributed by atoms with Gasteiger partial charge in [0.1, 0.15) is 0 Å². The number of aromatic nitrogens is 4.